The first kappa shape index (κ1) is 9.08. The van der Waals surface area contributed by atoms with Crippen molar-refractivity contribution in [1.29, 1.82) is 0 Å². The zero-order chi connectivity index (χ0) is 7.98. The molecule has 0 fully saturated rings. The summed E-state index contributed by atoms with van der Waals surface area (Å²) in [5, 5.41) is 10.6. The third-order valence-corrected chi connectivity index (χ3v) is 1.17. The van der Waals surface area contributed by atoms with Gasteiger partial charge < -0.3 is 4.74 Å². The van der Waals surface area contributed by atoms with Gasteiger partial charge in [0.1, 0.15) is 6.61 Å². The van der Waals surface area contributed by atoms with Crippen molar-refractivity contribution >= 4 is 0 Å². The number of hydrogen-bond donors (Lipinski definition) is 0. The van der Waals surface area contributed by atoms with E-state index in [9.17, 15) is 5.11 Å². The first-order chi connectivity index (χ1) is 4.70. The van der Waals surface area contributed by atoms with Crippen LogP contribution in [0.15, 0.2) is 23.7 Å². The molecular formula is C8H13O2. The Kier molecular flexibility index (Phi) is 4.46. The first-order valence-electron chi connectivity index (χ1n) is 3.28. The van der Waals surface area contributed by atoms with Crippen molar-refractivity contribution < 1.29 is 9.84 Å². The molecule has 0 aromatic carbocycles. The molecule has 0 aliphatic carbocycles. The molecule has 0 atom stereocenters. The Bertz CT molecular complexity index is 127. The van der Waals surface area contributed by atoms with E-state index in [2.05, 4.69) is 0 Å². The molecule has 0 aromatic heterocycles. The SMILES string of the molecule is CC=C([O])COC(C)=CC. The summed E-state index contributed by atoms with van der Waals surface area (Å²) in [5.74, 6) is 0.802. The quantitative estimate of drug-likeness (QED) is 0.554. The topological polar surface area (TPSA) is 29.1 Å². The average molecular weight is 141 g/mol. The van der Waals surface area contributed by atoms with Gasteiger partial charge in [0.2, 0.25) is 0 Å². The van der Waals surface area contributed by atoms with E-state index in [1.165, 1.54) is 6.08 Å². The maximum absolute atomic E-state index is 10.6. The molecule has 2 nitrogen and oxygen atoms in total. The van der Waals surface area contributed by atoms with Gasteiger partial charge in [-0.1, -0.05) is 0 Å². The number of hydrogen-bond acceptors (Lipinski definition) is 1. The van der Waals surface area contributed by atoms with E-state index in [4.69, 9.17) is 4.74 Å². The second-order valence-corrected chi connectivity index (χ2v) is 1.94. The Morgan fingerprint density at radius 2 is 2.00 bits per heavy atom. The van der Waals surface area contributed by atoms with Crippen LogP contribution in [-0.4, -0.2) is 6.61 Å². The molecule has 0 rings (SSSR count). The van der Waals surface area contributed by atoms with Crippen LogP contribution >= 0.6 is 0 Å². The van der Waals surface area contributed by atoms with E-state index in [1.54, 1.807) is 6.92 Å². The molecule has 0 unspecified atom stereocenters. The standard InChI is InChI=1S/C8H13O2/c1-4-7(3)10-6-8(9)5-2/h4-5H,6H2,1-3H3. The molecule has 0 amide bonds. The molecule has 0 bridgehead atoms. The highest BCUT2D eigenvalue weighted by atomic mass is 16.5. The Hall–Kier alpha value is -0.920. The lowest BCUT2D eigenvalue weighted by Crippen LogP contribution is -1.93. The Morgan fingerprint density at radius 1 is 1.40 bits per heavy atom. The van der Waals surface area contributed by atoms with Crippen LogP contribution in [0.2, 0.25) is 0 Å². The molecule has 2 heteroatoms. The normalized spacial score (nSPS) is 13.5. The van der Waals surface area contributed by atoms with Crippen LogP contribution in [0.5, 0.6) is 0 Å². The Balaban J connectivity index is 3.56. The third-order valence-electron chi connectivity index (χ3n) is 1.17. The molecule has 0 aliphatic heterocycles. The summed E-state index contributed by atoms with van der Waals surface area (Å²) in [6, 6.07) is 0. The predicted molar refractivity (Wildman–Crippen MR) is 39.8 cm³/mol. The maximum atomic E-state index is 10.6. The van der Waals surface area contributed by atoms with Crippen LogP contribution in [0.3, 0.4) is 0 Å². The predicted octanol–water partition coefficient (Wildman–Crippen LogP) is 2.26. The van der Waals surface area contributed by atoms with Crippen LogP contribution in [0.1, 0.15) is 20.8 Å². The summed E-state index contributed by atoms with van der Waals surface area (Å²) < 4.78 is 5.02. The van der Waals surface area contributed by atoms with Crippen molar-refractivity contribution in [2.75, 3.05) is 6.61 Å². The highest BCUT2D eigenvalue weighted by Crippen LogP contribution is 1.98. The molecule has 0 N–H and O–H groups in total. The second kappa shape index (κ2) is 4.91. The number of allylic oxidation sites excluding steroid dienone is 3. The molecule has 0 saturated carbocycles. The summed E-state index contributed by atoms with van der Waals surface area (Å²) in [7, 11) is 0. The number of rotatable bonds is 3. The van der Waals surface area contributed by atoms with Gasteiger partial charge in [0.25, 0.3) is 0 Å². The van der Waals surface area contributed by atoms with Crippen molar-refractivity contribution in [3.8, 4) is 0 Å². The van der Waals surface area contributed by atoms with Gasteiger partial charge in [-0.3, -0.25) is 5.11 Å². The molecular weight excluding hydrogens is 128 g/mol. The van der Waals surface area contributed by atoms with Crippen LogP contribution < -0.4 is 0 Å². The minimum atomic E-state index is 0.0150. The van der Waals surface area contributed by atoms with Crippen molar-refractivity contribution in [3.05, 3.63) is 23.7 Å². The van der Waals surface area contributed by atoms with E-state index in [0.717, 1.165) is 5.76 Å². The molecule has 1 radical (unpaired) electrons. The van der Waals surface area contributed by atoms with Crippen LogP contribution in [-0.2, 0) is 9.84 Å². The highest BCUT2D eigenvalue weighted by Gasteiger charge is 1.93. The lowest BCUT2D eigenvalue weighted by Gasteiger charge is -2.01. The molecule has 0 saturated heterocycles. The fourth-order valence-electron chi connectivity index (χ4n) is 0.352. The number of ether oxygens (including phenoxy) is 1. The summed E-state index contributed by atoms with van der Waals surface area (Å²) in [4.78, 5) is 0. The Morgan fingerprint density at radius 3 is 2.40 bits per heavy atom. The van der Waals surface area contributed by atoms with Gasteiger partial charge in [-0.25, -0.2) is 0 Å². The lowest BCUT2D eigenvalue weighted by molar-refractivity contribution is 0.165. The summed E-state index contributed by atoms with van der Waals surface area (Å²) in [6.07, 6.45) is 3.33. The van der Waals surface area contributed by atoms with Crippen molar-refractivity contribution in [3.63, 3.8) is 0 Å². The van der Waals surface area contributed by atoms with Crippen LogP contribution in [0, 0.1) is 0 Å². The van der Waals surface area contributed by atoms with E-state index in [1.807, 2.05) is 19.9 Å². The second-order valence-electron chi connectivity index (χ2n) is 1.94. The van der Waals surface area contributed by atoms with E-state index >= 15 is 0 Å². The Labute approximate surface area is 61.8 Å². The van der Waals surface area contributed by atoms with Crippen molar-refractivity contribution in [2.24, 2.45) is 0 Å². The smallest absolute Gasteiger partial charge is 0.188 e. The monoisotopic (exact) mass is 141 g/mol. The highest BCUT2D eigenvalue weighted by molar-refractivity contribution is 4.91. The van der Waals surface area contributed by atoms with Crippen LogP contribution in [0.4, 0.5) is 0 Å². The minimum Gasteiger partial charge on any atom is -0.490 e. The zero-order valence-electron chi connectivity index (χ0n) is 6.68. The van der Waals surface area contributed by atoms with Gasteiger partial charge in [0.15, 0.2) is 5.76 Å². The fraction of sp³-hybridized carbons (Fsp3) is 0.500. The minimum absolute atomic E-state index is 0.0150. The van der Waals surface area contributed by atoms with E-state index in [0.29, 0.717) is 0 Å². The van der Waals surface area contributed by atoms with E-state index in [-0.39, 0.29) is 12.4 Å². The summed E-state index contributed by atoms with van der Waals surface area (Å²) in [5.41, 5.74) is 0. The van der Waals surface area contributed by atoms with Crippen molar-refractivity contribution in [2.45, 2.75) is 20.8 Å². The maximum Gasteiger partial charge on any atom is 0.188 e. The molecule has 0 heterocycles. The van der Waals surface area contributed by atoms with Gasteiger partial charge in [-0.05, 0) is 32.9 Å². The van der Waals surface area contributed by atoms with Crippen molar-refractivity contribution in [1.82, 2.24) is 0 Å². The molecule has 57 valence electrons. The van der Waals surface area contributed by atoms with Gasteiger partial charge in [0.05, 0.1) is 5.76 Å². The average Bonchev–Trinajstić information content (AvgIpc) is 1.99. The lowest BCUT2D eigenvalue weighted by atomic mass is 10.5. The molecule has 0 aromatic rings. The fourth-order valence-corrected chi connectivity index (χ4v) is 0.352. The molecule has 0 spiro atoms. The first-order valence-corrected chi connectivity index (χ1v) is 3.28. The molecule has 0 aliphatic rings. The zero-order valence-corrected chi connectivity index (χ0v) is 6.68. The van der Waals surface area contributed by atoms with Gasteiger partial charge in [-0.15, -0.1) is 0 Å². The van der Waals surface area contributed by atoms with Gasteiger partial charge in [-0.2, -0.15) is 0 Å². The largest absolute Gasteiger partial charge is 0.490 e. The summed E-state index contributed by atoms with van der Waals surface area (Å²) in [6.45, 7) is 5.56. The van der Waals surface area contributed by atoms with E-state index < -0.39 is 0 Å². The van der Waals surface area contributed by atoms with Gasteiger partial charge >= 0.3 is 0 Å². The summed E-state index contributed by atoms with van der Waals surface area (Å²) >= 11 is 0. The molecule has 10 heavy (non-hydrogen) atoms. The van der Waals surface area contributed by atoms with Gasteiger partial charge in [0, 0.05) is 0 Å². The third kappa shape index (κ3) is 4.01. The van der Waals surface area contributed by atoms with Crippen LogP contribution in [0.25, 0.3) is 0 Å².